The van der Waals surface area contributed by atoms with E-state index in [0.717, 1.165) is 22.1 Å². The number of halogens is 2. The third kappa shape index (κ3) is 1.94. The number of nitrogens with one attached hydrogen (secondary N) is 1. The number of carbonyl (C=O) groups excluding carboxylic acids is 1. The molecule has 2 nitrogen and oxygen atoms in total. The highest BCUT2D eigenvalue weighted by Gasteiger charge is 2.06. The van der Waals surface area contributed by atoms with E-state index >= 15 is 0 Å². The Morgan fingerprint density at radius 2 is 2.30 bits per heavy atom. The van der Waals surface area contributed by atoms with Crippen LogP contribution in [0.3, 0.4) is 0 Å². The fourth-order valence-corrected chi connectivity index (χ4v) is 1.63. The molecule has 0 fully saturated rings. The third-order valence-corrected chi connectivity index (χ3v) is 2.80. The molecule has 0 atom stereocenters. The summed E-state index contributed by atoms with van der Waals surface area (Å²) in [6, 6.07) is 0. The van der Waals surface area contributed by atoms with Gasteiger partial charge in [0.15, 0.2) is 6.29 Å². The molecule has 1 rings (SSSR count). The highest BCUT2D eigenvalue weighted by molar-refractivity contribution is 14.1. The van der Waals surface area contributed by atoms with Crippen LogP contribution in [0.1, 0.15) is 0 Å². The fourth-order valence-electron chi connectivity index (χ4n) is 0.633. The average Bonchev–Trinajstić information content (AvgIpc) is 1.94. The standard InChI is InChI=1S/C6H5I2NO/c7-5-1-4(3-10)6(8)9-2-5/h1,3,9H,2H2. The monoisotopic (exact) mass is 361 g/mol. The molecule has 0 aromatic rings. The smallest absolute Gasteiger partial charge is 0.152 e. The van der Waals surface area contributed by atoms with Crippen LogP contribution in [0.2, 0.25) is 0 Å². The van der Waals surface area contributed by atoms with E-state index in [4.69, 9.17) is 0 Å². The van der Waals surface area contributed by atoms with E-state index < -0.39 is 0 Å². The van der Waals surface area contributed by atoms with Crippen molar-refractivity contribution in [3.05, 3.63) is 18.9 Å². The summed E-state index contributed by atoms with van der Waals surface area (Å²) in [4.78, 5) is 10.4. The molecule has 0 aromatic heterocycles. The van der Waals surface area contributed by atoms with Crippen LogP contribution < -0.4 is 5.32 Å². The molecular weight excluding hydrogens is 356 g/mol. The summed E-state index contributed by atoms with van der Waals surface area (Å²) >= 11 is 4.33. The topological polar surface area (TPSA) is 29.1 Å². The molecule has 0 amide bonds. The first kappa shape index (κ1) is 8.51. The van der Waals surface area contributed by atoms with Gasteiger partial charge in [0.2, 0.25) is 0 Å². The zero-order chi connectivity index (χ0) is 7.56. The minimum atomic E-state index is 0.747. The Hall–Kier alpha value is 0.410. The zero-order valence-electron chi connectivity index (χ0n) is 5.03. The molecule has 10 heavy (non-hydrogen) atoms. The molecule has 0 saturated carbocycles. The maximum Gasteiger partial charge on any atom is 0.152 e. The average molecular weight is 361 g/mol. The van der Waals surface area contributed by atoms with Gasteiger partial charge in [0.1, 0.15) is 0 Å². The van der Waals surface area contributed by atoms with Gasteiger partial charge in [-0.05, 0) is 51.3 Å². The predicted octanol–water partition coefficient (Wildman–Crippen LogP) is 1.75. The Balaban J connectivity index is 2.92. The van der Waals surface area contributed by atoms with Gasteiger partial charge in [-0.1, -0.05) is 0 Å². The van der Waals surface area contributed by atoms with Gasteiger partial charge in [-0.2, -0.15) is 0 Å². The minimum absolute atomic E-state index is 0.747. The van der Waals surface area contributed by atoms with Crippen molar-refractivity contribution in [3.8, 4) is 0 Å². The van der Waals surface area contributed by atoms with Crippen molar-refractivity contribution in [2.75, 3.05) is 6.54 Å². The van der Waals surface area contributed by atoms with Crippen molar-refractivity contribution in [2.24, 2.45) is 0 Å². The summed E-state index contributed by atoms with van der Waals surface area (Å²) in [5.74, 6) is 0. The summed E-state index contributed by atoms with van der Waals surface area (Å²) < 4.78 is 2.10. The van der Waals surface area contributed by atoms with E-state index in [-0.39, 0.29) is 0 Å². The summed E-state index contributed by atoms with van der Waals surface area (Å²) in [5.41, 5.74) is 0.747. The number of hydrogen-bond donors (Lipinski definition) is 1. The van der Waals surface area contributed by atoms with Gasteiger partial charge < -0.3 is 5.32 Å². The van der Waals surface area contributed by atoms with Crippen LogP contribution in [-0.2, 0) is 4.79 Å². The Bertz CT molecular complexity index is 220. The predicted molar refractivity (Wildman–Crippen MR) is 57.2 cm³/mol. The SMILES string of the molecule is O=CC1=C(I)NCC(I)=C1. The largest absolute Gasteiger partial charge is 0.375 e. The second-order valence-electron chi connectivity index (χ2n) is 1.83. The van der Waals surface area contributed by atoms with Gasteiger partial charge >= 0.3 is 0 Å². The molecule has 1 aliphatic heterocycles. The number of carbonyl (C=O) groups is 1. The molecule has 0 bridgehead atoms. The van der Waals surface area contributed by atoms with E-state index in [1.54, 1.807) is 0 Å². The maximum absolute atomic E-state index is 10.4. The third-order valence-electron chi connectivity index (χ3n) is 1.11. The first-order valence-corrected chi connectivity index (χ1v) is 4.84. The van der Waals surface area contributed by atoms with Crippen molar-refractivity contribution in [1.82, 2.24) is 5.32 Å². The van der Waals surface area contributed by atoms with E-state index in [1.165, 1.54) is 3.58 Å². The van der Waals surface area contributed by atoms with Gasteiger partial charge in [-0.15, -0.1) is 0 Å². The normalized spacial score (nSPS) is 18.0. The van der Waals surface area contributed by atoms with E-state index in [1.807, 2.05) is 6.08 Å². The van der Waals surface area contributed by atoms with Crippen LogP contribution >= 0.6 is 45.2 Å². The van der Waals surface area contributed by atoms with Gasteiger partial charge in [-0.3, -0.25) is 4.79 Å². The number of aldehydes is 1. The van der Waals surface area contributed by atoms with Gasteiger partial charge in [0, 0.05) is 15.7 Å². The Morgan fingerprint density at radius 1 is 1.60 bits per heavy atom. The molecule has 0 spiro atoms. The lowest BCUT2D eigenvalue weighted by Gasteiger charge is -2.11. The van der Waals surface area contributed by atoms with Crippen LogP contribution in [0.5, 0.6) is 0 Å². The Labute approximate surface area is 86.4 Å². The first-order chi connectivity index (χ1) is 4.74. The van der Waals surface area contributed by atoms with Crippen LogP contribution in [0, 0.1) is 0 Å². The minimum Gasteiger partial charge on any atom is -0.375 e. The van der Waals surface area contributed by atoms with E-state index in [0.29, 0.717) is 0 Å². The number of allylic oxidation sites excluding steroid dienone is 2. The molecule has 54 valence electrons. The van der Waals surface area contributed by atoms with Crippen LogP contribution in [-0.4, -0.2) is 12.8 Å². The molecule has 0 aliphatic carbocycles. The van der Waals surface area contributed by atoms with Crippen LogP contribution in [0.25, 0.3) is 0 Å². The van der Waals surface area contributed by atoms with Crippen molar-refractivity contribution in [1.29, 1.82) is 0 Å². The van der Waals surface area contributed by atoms with Crippen LogP contribution in [0.15, 0.2) is 18.9 Å². The molecule has 1 aliphatic rings. The summed E-state index contributed by atoms with van der Waals surface area (Å²) in [6.45, 7) is 0.843. The fraction of sp³-hybridized carbons (Fsp3) is 0.167. The lowest BCUT2D eigenvalue weighted by molar-refractivity contribution is -0.104. The maximum atomic E-state index is 10.4. The highest BCUT2D eigenvalue weighted by Crippen LogP contribution is 2.19. The Morgan fingerprint density at radius 3 is 2.80 bits per heavy atom. The summed E-state index contributed by atoms with van der Waals surface area (Å²) in [6.07, 6.45) is 2.76. The van der Waals surface area contributed by atoms with Crippen LogP contribution in [0.4, 0.5) is 0 Å². The second kappa shape index (κ2) is 3.70. The molecule has 4 heteroatoms. The quantitative estimate of drug-likeness (QED) is 0.438. The summed E-state index contributed by atoms with van der Waals surface area (Å²) in [5, 5.41) is 3.09. The lowest BCUT2D eigenvalue weighted by Crippen LogP contribution is -2.16. The number of dihydropyridines is 1. The number of rotatable bonds is 1. The first-order valence-electron chi connectivity index (χ1n) is 2.69. The molecule has 0 aromatic carbocycles. The zero-order valence-corrected chi connectivity index (χ0v) is 9.34. The Kier molecular flexibility index (Phi) is 3.15. The van der Waals surface area contributed by atoms with Crippen molar-refractivity contribution >= 4 is 51.5 Å². The van der Waals surface area contributed by atoms with Crippen molar-refractivity contribution in [2.45, 2.75) is 0 Å². The molecule has 0 saturated heterocycles. The van der Waals surface area contributed by atoms with Crippen molar-refractivity contribution < 1.29 is 4.79 Å². The second-order valence-corrected chi connectivity index (χ2v) is 4.30. The van der Waals surface area contributed by atoms with Gasteiger partial charge in [0.25, 0.3) is 0 Å². The van der Waals surface area contributed by atoms with Crippen molar-refractivity contribution in [3.63, 3.8) is 0 Å². The molecule has 1 heterocycles. The molecule has 1 N–H and O–H groups in total. The highest BCUT2D eigenvalue weighted by atomic mass is 127. The van der Waals surface area contributed by atoms with E-state index in [2.05, 4.69) is 50.5 Å². The molecule has 0 radical (unpaired) electrons. The van der Waals surface area contributed by atoms with E-state index in [9.17, 15) is 4.79 Å². The molecule has 0 unspecified atom stereocenters. The lowest BCUT2D eigenvalue weighted by atomic mass is 10.2. The number of hydrogen-bond acceptors (Lipinski definition) is 2. The molecular formula is C6H5I2NO. The summed E-state index contributed by atoms with van der Waals surface area (Å²) in [7, 11) is 0. The van der Waals surface area contributed by atoms with Gasteiger partial charge in [-0.25, -0.2) is 0 Å². The van der Waals surface area contributed by atoms with Gasteiger partial charge in [0.05, 0.1) is 3.70 Å².